The molecule has 1 amide bonds. The van der Waals surface area contributed by atoms with Gasteiger partial charge in [0.2, 0.25) is 0 Å². The smallest absolute Gasteiger partial charge is 0.256 e. The van der Waals surface area contributed by atoms with Gasteiger partial charge in [0, 0.05) is 47.4 Å². The first-order chi connectivity index (χ1) is 11.2. The first-order valence-corrected chi connectivity index (χ1v) is 9.14. The van der Waals surface area contributed by atoms with Gasteiger partial charge in [0.05, 0.1) is 5.56 Å². The lowest BCUT2D eigenvalue weighted by Gasteiger charge is -2.32. The Labute approximate surface area is 141 Å². The van der Waals surface area contributed by atoms with Crippen LogP contribution in [-0.4, -0.2) is 40.6 Å². The molecule has 1 aliphatic rings. The highest BCUT2D eigenvalue weighted by Gasteiger charge is 2.25. The molecule has 0 atom stereocenters. The van der Waals surface area contributed by atoms with Gasteiger partial charge in [-0.2, -0.15) is 0 Å². The topological polar surface area (TPSA) is 56.3 Å². The van der Waals surface area contributed by atoms with Gasteiger partial charge in [0.1, 0.15) is 0 Å². The maximum absolute atomic E-state index is 12.9. The standard InChI is InChI=1S/C18H24N2O2S/c1-13-4-5-17(23-13)15-11-19-12-16(15)18(22)20-8-6-14(7-9-20)3-2-10-21/h4-5,11-12,14,19,21H,2-3,6-10H2,1H3. The molecule has 1 aliphatic heterocycles. The first kappa shape index (κ1) is 16.3. The molecular weight excluding hydrogens is 308 g/mol. The van der Waals surface area contributed by atoms with Crippen molar-refractivity contribution in [1.82, 2.24) is 9.88 Å². The Bertz CT molecular complexity index is 654. The van der Waals surface area contributed by atoms with Gasteiger partial charge in [-0.25, -0.2) is 0 Å². The number of H-pyrrole nitrogens is 1. The molecule has 0 saturated carbocycles. The molecular formula is C18H24N2O2S. The molecule has 2 aromatic heterocycles. The molecule has 0 aromatic carbocycles. The summed E-state index contributed by atoms with van der Waals surface area (Å²) in [4.78, 5) is 20.3. The van der Waals surface area contributed by atoms with E-state index in [-0.39, 0.29) is 12.5 Å². The van der Waals surface area contributed by atoms with Crippen molar-refractivity contribution in [2.75, 3.05) is 19.7 Å². The summed E-state index contributed by atoms with van der Waals surface area (Å²) < 4.78 is 0. The Morgan fingerprint density at radius 1 is 1.35 bits per heavy atom. The average Bonchev–Trinajstić information content (AvgIpc) is 3.21. The fourth-order valence-corrected chi connectivity index (χ4v) is 4.20. The number of likely N-dealkylation sites (tertiary alicyclic amines) is 1. The minimum Gasteiger partial charge on any atom is -0.396 e. The summed E-state index contributed by atoms with van der Waals surface area (Å²) in [6.45, 7) is 4.00. The van der Waals surface area contributed by atoms with E-state index in [1.54, 1.807) is 11.3 Å². The highest BCUT2D eigenvalue weighted by molar-refractivity contribution is 7.15. The number of aliphatic hydroxyl groups is 1. The van der Waals surface area contributed by atoms with E-state index in [0.717, 1.165) is 54.8 Å². The summed E-state index contributed by atoms with van der Waals surface area (Å²) in [6.07, 6.45) is 7.78. The molecule has 3 rings (SSSR count). The number of rotatable bonds is 5. The van der Waals surface area contributed by atoms with Crippen LogP contribution in [0, 0.1) is 12.8 Å². The molecule has 0 unspecified atom stereocenters. The number of hydrogen-bond donors (Lipinski definition) is 2. The van der Waals surface area contributed by atoms with Crippen LogP contribution in [0.2, 0.25) is 0 Å². The molecule has 0 spiro atoms. The quantitative estimate of drug-likeness (QED) is 0.877. The zero-order valence-electron chi connectivity index (χ0n) is 13.5. The Morgan fingerprint density at radius 2 is 2.13 bits per heavy atom. The van der Waals surface area contributed by atoms with Crippen molar-refractivity contribution >= 4 is 17.2 Å². The number of nitrogens with zero attached hydrogens (tertiary/aromatic N) is 1. The number of aromatic amines is 1. The number of aliphatic hydroxyl groups excluding tert-OH is 1. The molecule has 2 N–H and O–H groups in total. The Morgan fingerprint density at radius 3 is 2.78 bits per heavy atom. The lowest BCUT2D eigenvalue weighted by atomic mass is 9.92. The van der Waals surface area contributed by atoms with Crippen LogP contribution < -0.4 is 0 Å². The van der Waals surface area contributed by atoms with Crippen molar-refractivity contribution < 1.29 is 9.90 Å². The molecule has 4 nitrogen and oxygen atoms in total. The number of carbonyl (C=O) groups is 1. The van der Waals surface area contributed by atoms with E-state index in [1.165, 1.54) is 4.88 Å². The maximum atomic E-state index is 12.9. The van der Waals surface area contributed by atoms with Gasteiger partial charge in [-0.05, 0) is 50.7 Å². The van der Waals surface area contributed by atoms with E-state index >= 15 is 0 Å². The third-order valence-electron chi connectivity index (χ3n) is 4.65. The van der Waals surface area contributed by atoms with Crippen molar-refractivity contribution in [3.63, 3.8) is 0 Å². The second-order valence-corrected chi connectivity index (χ2v) is 7.58. The highest BCUT2D eigenvalue weighted by atomic mass is 32.1. The van der Waals surface area contributed by atoms with E-state index in [0.29, 0.717) is 5.92 Å². The number of piperidine rings is 1. The molecule has 1 saturated heterocycles. The van der Waals surface area contributed by atoms with E-state index in [9.17, 15) is 4.79 Å². The molecule has 124 valence electrons. The lowest BCUT2D eigenvalue weighted by molar-refractivity contribution is 0.0684. The zero-order valence-corrected chi connectivity index (χ0v) is 14.4. The minimum absolute atomic E-state index is 0.132. The monoisotopic (exact) mass is 332 g/mol. The van der Waals surface area contributed by atoms with Gasteiger partial charge in [-0.15, -0.1) is 11.3 Å². The van der Waals surface area contributed by atoms with Gasteiger partial charge >= 0.3 is 0 Å². The second-order valence-electron chi connectivity index (χ2n) is 6.29. The summed E-state index contributed by atoms with van der Waals surface area (Å²) in [5.41, 5.74) is 1.79. The Kier molecular flexibility index (Phi) is 5.18. The summed E-state index contributed by atoms with van der Waals surface area (Å²) in [7, 11) is 0. The van der Waals surface area contributed by atoms with Crippen LogP contribution in [-0.2, 0) is 0 Å². The van der Waals surface area contributed by atoms with Crippen LogP contribution in [0.25, 0.3) is 10.4 Å². The van der Waals surface area contributed by atoms with Gasteiger partial charge < -0.3 is 15.0 Å². The average molecular weight is 332 g/mol. The molecule has 2 aromatic rings. The minimum atomic E-state index is 0.132. The van der Waals surface area contributed by atoms with Crippen LogP contribution >= 0.6 is 11.3 Å². The molecule has 3 heterocycles. The van der Waals surface area contributed by atoms with Crippen molar-refractivity contribution in [3.8, 4) is 10.4 Å². The third kappa shape index (κ3) is 3.67. The number of thiophene rings is 1. The number of hydrogen-bond acceptors (Lipinski definition) is 3. The summed E-state index contributed by atoms with van der Waals surface area (Å²) >= 11 is 1.72. The normalized spacial score (nSPS) is 16.0. The molecule has 0 radical (unpaired) electrons. The van der Waals surface area contributed by atoms with Crippen molar-refractivity contribution in [2.45, 2.75) is 32.6 Å². The van der Waals surface area contributed by atoms with Crippen LogP contribution in [0.5, 0.6) is 0 Å². The van der Waals surface area contributed by atoms with Crippen LogP contribution in [0.1, 0.15) is 40.9 Å². The van der Waals surface area contributed by atoms with E-state index < -0.39 is 0 Å². The van der Waals surface area contributed by atoms with Crippen molar-refractivity contribution in [3.05, 3.63) is 35.0 Å². The largest absolute Gasteiger partial charge is 0.396 e. The van der Waals surface area contributed by atoms with Gasteiger partial charge in [-0.1, -0.05) is 0 Å². The number of carbonyl (C=O) groups excluding carboxylic acids is 1. The fourth-order valence-electron chi connectivity index (χ4n) is 3.30. The Hall–Kier alpha value is -1.59. The predicted octanol–water partition coefficient (Wildman–Crippen LogP) is 3.68. The summed E-state index contributed by atoms with van der Waals surface area (Å²) in [5, 5.41) is 8.94. The molecule has 0 aliphatic carbocycles. The number of aryl methyl sites for hydroxylation is 1. The van der Waals surface area contributed by atoms with Crippen molar-refractivity contribution in [2.24, 2.45) is 5.92 Å². The van der Waals surface area contributed by atoms with E-state index in [2.05, 4.69) is 24.0 Å². The van der Waals surface area contributed by atoms with Crippen LogP contribution in [0.4, 0.5) is 0 Å². The van der Waals surface area contributed by atoms with Crippen LogP contribution in [0.15, 0.2) is 24.5 Å². The SMILES string of the molecule is Cc1ccc(-c2c[nH]cc2C(=O)N2CCC(CCCO)CC2)s1. The number of amides is 1. The highest BCUT2D eigenvalue weighted by Crippen LogP contribution is 2.32. The summed E-state index contributed by atoms with van der Waals surface area (Å²) in [6, 6.07) is 4.18. The van der Waals surface area contributed by atoms with Crippen LogP contribution in [0.3, 0.4) is 0 Å². The predicted molar refractivity (Wildman–Crippen MR) is 93.8 cm³/mol. The molecule has 1 fully saturated rings. The molecule has 0 bridgehead atoms. The Balaban J connectivity index is 1.67. The first-order valence-electron chi connectivity index (χ1n) is 8.32. The molecule has 23 heavy (non-hydrogen) atoms. The van der Waals surface area contributed by atoms with Gasteiger partial charge in [0.25, 0.3) is 5.91 Å². The summed E-state index contributed by atoms with van der Waals surface area (Å²) in [5.74, 6) is 0.782. The molecule has 5 heteroatoms. The van der Waals surface area contributed by atoms with Gasteiger partial charge in [-0.3, -0.25) is 4.79 Å². The maximum Gasteiger partial charge on any atom is 0.256 e. The van der Waals surface area contributed by atoms with E-state index in [4.69, 9.17) is 5.11 Å². The number of nitrogens with one attached hydrogen (secondary N) is 1. The fraction of sp³-hybridized carbons (Fsp3) is 0.500. The van der Waals surface area contributed by atoms with Gasteiger partial charge in [0.15, 0.2) is 0 Å². The zero-order chi connectivity index (χ0) is 16.2. The second kappa shape index (κ2) is 7.32. The van der Waals surface area contributed by atoms with Crippen molar-refractivity contribution in [1.29, 1.82) is 0 Å². The lowest BCUT2D eigenvalue weighted by Crippen LogP contribution is -2.38. The third-order valence-corrected chi connectivity index (χ3v) is 5.69. The van der Waals surface area contributed by atoms with E-state index in [1.807, 2.05) is 17.3 Å². The number of aromatic nitrogens is 1.